The summed E-state index contributed by atoms with van der Waals surface area (Å²) in [6.45, 7) is -0.348. The third kappa shape index (κ3) is 3.03. The Bertz CT molecular complexity index is 1320. The first-order chi connectivity index (χ1) is 14.8. The molecule has 11 heteroatoms. The van der Waals surface area contributed by atoms with Crippen LogP contribution >= 0.6 is 0 Å². The molecule has 2 aromatic rings. The van der Waals surface area contributed by atoms with E-state index in [2.05, 4.69) is 5.32 Å². The van der Waals surface area contributed by atoms with E-state index < -0.39 is 45.3 Å². The molecule has 0 unspecified atom stereocenters. The Morgan fingerprint density at radius 3 is 2.74 bits per heavy atom. The second-order valence-electron chi connectivity index (χ2n) is 7.64. The monoisotopic (exact) mass is 444 g/mol. The van der Waals surface area contributed by atoms with E-state index in [1.807, 2.05) is 6.08 Å². The number of hydrogen-bond donors (Lipinski definition) is 1. The fourth-order valence-corrected chi connectivity index (χ4v) is 5.81. The largest absolute Gasteiger partial charge is 0.336 e. The van der Waals surface area contributed by atoms with Crippen molar-refractivity contribution in [3.8, 4) is 0 Å². The topological polar surface area (TPSA) is 109 Å². The molecule has 2 aliphatic heterocycles. The van der Waals surface area contributed by atoms with Gasteiger partial charge < -0.3 is 10.2 Å². The van der Waals surface area contributed by atoms with Crippen LogP contribution in [-0.2, 0) is 14.8 Å². The third-order valence-corrected chi connectivity index (χ3v) is 7.53. The Morgan fingerprint density at radius 2 is 2.00 bits per heavy atom. The van der Waals surface area contributed by atoms with Gasteiger partial charge in [-0.1, -0.05) is 12.1 Å². The number of benzene rings is 1. The number of rotatable bonds is 3. The minimum Gasteiger partial charge on any atom is -0.332 e. The number of urea groups is 1. The molecule has 2 bridgehead atoms. The van der Waals surface area contributed by atoms with E-state index >= 15 is 0 Å². The van der Waals surface area contributed by atoms with Crippen LogP contribution in [0.1, 0.15) is 6.42 Å². The van der Waals surface area contributed by atoms with E-state index in [4.69, 9.17) is 0 Å². The molecule has 1 saturated heterocycles. The van der Waals surface area contributed by atoms with E-state index in [0.717, 1.165) is 18.2 Å². The van der Waals surface area contributed by atoms with Crippen LogP contribution in [0.25, 0.3) is 5.70 Å². The minimum atomic E-state index is -4.40. The summed E-state index contributed by atoms with van der Waals surface area (Å²) in [4.78, 5) is 38.7. The van der Waals surface area contributed by atoms with Gasteiger partial charge in [0.15, 0.2) is 0 Å². The van der Waals surface area contributed by atoms with Gasteiger partial charge in [-0.25, -0.2) is 21.9 Å². The van der Waals surface area contributed by atoms with Gasteiger partial charge in [-0.15, -0.1) is 0 Å². The zero-order chi connectivity index (χ0) is 21.9. The predicted molar refractivity (Wildman–Crippen MR) is 108 cm³/mol. The average Bonchev–Trinajstić information content (AvgIpc) is 3.33. The lowest BCUT2D eigenvalue weighted by Gasteiger charge is -2.33. The third-order valence-electron chi connectivity index (χ3n) is 5.76. The standard InChI is InChI=1S/C20H17FN4O5S/c21-13-4-5-14-17(9-13)31(29,30)25(20(28)22-14)11-19(27)24-10-12-7-15(16(24)8-12)23-6-2-1-3-18(23)26/h1-7,9,12,16H,8,10-11H2,(H,22,28)/t12-,16-/m0/s1. The zero-order valence-electron chi connectivity index (χ0n) is 16.1. The zero-order valence-corrected chi connectivity index (χ0v) is 16.9. The molecule has 160 valence electrons. The summed E-state index contributed by atoms with van der Waals surface area (Å²) in [5.41, 5.74) is 0.392. The first-order valence-electron chi connectivity index (χ1n) is 9.58. The van der Waals surface area contributed by atoms with E-state index in [0.29, 0.717) is 23.0 Å². The molecule has 0 radical (unpaired) electrons. The van der Waals surface area contributed by atoms with Crippen molar-refractivity contribution in [3.05, 3.63) is 64.8 Å². The van der Waals surface area contributed by atoms with Gasteiger partial charge in [-0.3, -0.25) is 14.2 Å². The van der Waals surface area contributed by atoms with Crippen molar-refractivity contribution in [2.24, 2.45) is 5.92 Å². The molecule has 3 aliphatic rings. The van der Waals surface area contributed by atoms with E-state index in [9.17, 15) is 27.2 Å². The van der Waals surface area contributed by atoms with Gasteiger partial charge in [0.2, 0.25) is 5.91 Å². The van der Waals surface area contributed by atoms with Crippen molar-refractivity contribution in [2.75, 3.05) is 18.4 Å². The SMILES string of the molecule is O=C(CN1C(=O)Nc2ccc(F)cc2S1(=O)=O)N1C[C@H]2C=C(n3ccccc3=O)[C@@H]1C2. The smallest absolute Gasteiger partial charge is 0.332 e. The highest BCUT2D eigenvalue weighted by atomic mass is 32.2. The lowest BCUT2D eigenvalue weighted by atomic mass is 10.2. The number of fused-ring (bicyclic) bond motifs is 3. The van der Waals surface area contributed by atoms with Crippen molar-refractivity contribution in [1.29, 1.82) is 0 Å². The molecule has 1 N–H and O–H groups in total. The first-order valence-corrected chi connectivity index (χ1v) is 11.0. The Morgan fingerprint density at radius 1 is 1.19 bits per heavy atom. The Balaban J connectivity index is 1.41. The number of nitrogens with zero attached hydrogens (tertiary/aromatic N) is 3. The molecule has 1 aliphatic carbocycles. The Kier molecular flexibility index (Phi) is 4.26. The maximum absolute atomic E-state index is 13.6. The normalized spacial score (nSPS) is 23.4. The number of carbonyl (C=O) groups excluding carboxylic acids is 2. The number of aromatic nitrogens is 1. The first kappa shape index (κ1) is 19.5. The highest BCUT2D eigenvalue weighted by Gasteiger charge is 2.45. The molecule has 5 rings (SSSR count). The minimum absolute atomic E-state index is 0.0380. The molecule has 1 fully saturated rings. The molecular formula is C20H17FN4O5S. The number of likely N-dealkylation sites (tertiary alicyclic amines) is 1. The lowest BCUT2D eigenvalue weighted by Crippen LogP contribution is -2.51. The predicted octanol–water partition coefficient (Wildman–Crippen LogP) is 1.30. The second kappa shape index (κ2) is 6.77. The number of pyridine rings is 1. The average molecular weight is 444 g/mol. The number of amides is 3. The molecule has 31 heavy (non-hydrogen) atoms. The van der Waals surface area contributed by atoms with Gasteiger partial charge >= 0.3 is 6.03 Å². The van der Waals surface area contributed by atoms with Crippen LogP contribution in [0, 0.1) is 11.7 Å². The number of anilines is 1. The van der Waals surface area contributed by atoms with Crippen molar-refractivity contribution in [2.45, 2.75) is 17.4 Å². The molecule has 9 nitrogen and oxygen atoms in total. The molecule has 3 heterocycles. The van der Waals surface area contributed by atoms with Crippen LogP contribution in [-0.4, -0.2) is 53.3 Å². The summed E-state index contributed by atoms with van der Waals surface area (Å²) < 4.78 is 41.2. The summed E-state index contributed by atoms with van der Waals surface area (Å²) in [5.74, 6) is -1.30. The van der Waals surface area contributed by atoms with E-state index in [1.54, 1.807) is 18.3 Å². The van der Waals surface area contributed by atoms with Gasteiger partial charge in [0.25, 0.3) is 15.6 Å². The van der Waals surface area contributed by atoms with Crippen molar-refractivity contribution >= 4 is 33.3 Å². The Hall–Kier alpha value is -3.47. The van der Waals surface area contributed by atoms with Gasteiger partial charge in [-0.2, -0.15) is 0 Å². The van der Waals surface area contributed by atoms with Crippen LogP contribution in [0.3, 0.4) is 0 Å². The molecule has 0 spiro atoms. The quantitative estimate of drug-likeness (QED) is 0.768. The summed E-state index contributed by atoms with van der Waals surface area (Å²) in [5, 5.41) is 2.38. The van der Waals surface area contributed by atoms with Crippen molar-refractivity contribution in [1.82, 2.24) is 13.8 Å². The maximum atomic E-state index is 13.6. The number of halogens is 1. The van der Waals surface area contributed by atoms with Crippen LogP contribution in [0.4, 0.5) is 14.9 Å². The van der Waals surface area contributed by atoms with Crippen LogP contribution in [0.15, 0.2) is 58.4 Å². The molecule has 3 amide bonds. The number of nitrogens with one attached hydrogen (secondary N) is 1. The molecule has 1 aromatic carbocycles. The van der Waals surface area contributed by atoms with Crippen molar-refractivity contribution < 1.29 is 22.4 Å². The van der Waals surface area contributed by atoms with Gasteiger partial charge in [-0.05, 0) is 36.6 Å². The van der Waals surface area contributed by atoms with Crippen LogP contribution < -0.4 is 10.9 Å². The molecule has 1 aromatic heterocycles. The summed E-state index contributed by atoms with van der Waals surface area (Å²) in [7, 11) is -4.40. The second-order valence-corrected chi connectivity index (χ2v) is 9.47. The van der Waals surface area contributed by atoms with E-state index in [1.165, 1.54) is 15.5 Å². The van der Waals surface area contributed by atoms with Crippen molar-refractivity contribution in [3.63, 3.8) is 0 Å². The summed E-state index contributed by atoms with van der Waals surface area (Å²) in [6, 6.07) is 6.38. The molecule has 2 atom stereocenters. The molecular weight excluding hydrogens is 427 g/mol. The highest BCUT2D eigenvalue weighted by molar-refractivity contribution is 7.90. The lowest BCUT2D eigenvalue weighted by molar-refractivity contribution is -0.131. The van der Waals surface area contributed by atoms with E-state index in [-0.39, 0.29) is 17.2 Å². The number of carbonyl (C=O) groups is 2. The van der Waals surface area contributed by atoms with Gasteiger partial charge in [0.05, 0.1) is 11.7 Å². The van der Waals surface area contributed by atoms with Crippen LogP contribution in [0.2, 0.25) is 0 Å². The fraction of sp³-hybridized carbons (Fsp3) is 0.250. The van der Waals surface area contributed by atoms with Gasteiger partial charge in [0, 0.05) is 24.5 Å². The summed E-state index contributed by atoms with van der Waals surface area (Å²) in [6.07, 6.45) is 4.18. The Labute approximate surface area is 176 Å². The summed E-state index contributed by atoms with van der Waals surface area (Å²) >= 11 is 0. The maximum Gasteiger partial charge on any atom is 0.336 e. The number of sulfonamides is 1. The highest BCUT2D eigenvalue weighted by Crippen LogP contribution is 2.39. The number of hydrogen-bond acceptors (Lipinski definition) is 5. The molecule has 0 saturated carbocycles. The van der Waals surface area contributed by atoms with Gasteiger partial charge in [0.1, 0.15) is 17.3 Å². The van der Waals surface area contributed by atoms with Crippen LogP contribution in [0.5, 0.6) is 0 Å². The fourth-order valence-electron chi connectivity index (χ4n) is 4.37.